The summed E-state index contributed by atoms with van der Waals surface area (Å²) in [7, 11) is 0. The quantitative estimate of drug-likeness (QED) is 0.627. The number of hydrogen-bond donors (Lipinski definition) is 1. The van der Waals surface area contributed by atoms with Crippen molar-refractivity contribution >= 4 is 17.3 Å². The van der Waals surface area contributed by atoms with Crippen LogP contribution in [0.1, 0.15) is 18.1 Å². The zero-order chi connectivity index (χ0) is 20.2. The van der Waals surface area contributed by atoms with Gasteiger partial charge in [0.15, 0.2) is 6.10 Å². The maximum absolute atomic E-state index is 13.1. The summed E-state index contributed by atoms with van der Waals surface area (Å²) < 4.78 is 44.7. The van der Waals surface area contributed by atoms with E-state index in [4.69, 9.17) is 10.00 Å². The number of nitrogens with zero attached hydrogens (tertiary/aromatic N) is 2. The lowest BCUT2D eigenvalue weighted by Crippen LogP contribution is -2.31. The van der Waals surface area contributed by atoms with Crippen molar-refractivity contribution in [3.63, 3.8) is 0 Å². The molecular weight excluding hydrogens is 367 g/mol. The predicted molar refractivity (Wildman–Crippen MR) is 88.0 cm³/mol. The van der Waals surface area contributed by atoms with Crippen molar-refractivity contribution in [1.29, 1.82) is 5.26 Å². The first-order chi connectivity index (χ1) is 12.6. The molecule has 0 saturated heterocycles. The minimum absolute atomic E-state index is 0.247. The Morgan fingerprint density at radius 2 is 1.89 bits per heavy atom. The maximum atomic E-state index is 13.1. The molecule has 0 saturated carbocycles. The molecule has 0 heterocycles. The highest BCUT2D eigenvalue weighted by Gasteiger charge is 2.36. The van der Waals surface area contributed by atoms with Crippen LogP contribution in [0, 0.1) is 21.4 Å². The number of anilines is 1. The van der Waals surface area contributed by atoms with Crippen molar-refractivity contribution in [3.8, 4) is 11.8 Å². The van der Waals surface area contributed by atoms with Gasteiger partial charge in [0.1, 0.15) is 5.75 Å². The summed E-state index contributed by atoms with van der Waals surface area (Å²) in [5, 5.41) is 21.5. The molecule has 27 heavy (non-hydrogen) atoms. The van der Waals surface area contributed by atoms with E-state index in [1.54, 1.807) is 0 Å². The Bertz CT molecular complexity index is 905. The standard InChI is InChI=1S/C17H12F3N3O4/c1-10(27-13-5-2-11(9-21)3-6-13)16(24)22-15-7-4-12(23(25)26)8-14(15)17(18,19)20/h2-8,10H,1H3,(H,22,24)/t10-/m1/s1. The fourth-order valence-corrected chi connectivity index (χ4v) is 2.09. The second kappa shape index (κ2) is 7.74. The molecule has 0 aromatic heterocycles. The van der Waals surface area contributed by atoms with E-state index in [1.807, 2.05) is 6.07 Å². The number of carbonyl (C=O) groups excluding carboxylic acids is 1. The predicted octanol–water partition coefficient (Wildman–Crippen LogP) is 3.89. The molecule has 7 nitrogen and oxygen atoms in total. The van der Waals surface area contributed by atoms with Crippen LogP contribution in [0.2, 0.25) is 0 Å². The highest BCUT2D eigenvalue weighted by atomic mass is 19.4. The summed E-state index contributed by atoms with van der Waals surface area (Å²) in [6.45, 7) is 1.33. The van der Waals surface area contributed by atoms with Gasteiger partial charge >= 0.3 is 6.18 Å². The normalized spacial score (nSPS) is 12.0. The SMILES string of the molecule is C[C@@H](Oc1ccc(C#N)cc1)C(=O)Nc1ccc([N+](=O)[O-])cc1C(F)(F)F. The van der Waals surface area contributed by atoms with Gasteiger partial charge in [-0.25, -0.2) is 0 Å². The molecule has 140 valence electrons. The molecule has 10 heteroatoms. The van der Waals surface area contributed by atoms with Gasteiger partial charge in [0.05, 0.1) is 27.8 Å². The third-order valence-electron chi connectivity index (χ3n) is 3.44. The lowest BCUT2D eigenvalue weighted by molar-refractivity contribution is -0.385. The van der Waals surface area contributed by atoms with Crippen LogP contribution in [-0.2, 0) is 11.0 Å². The number of hydrogen-bond acceptors (Lipinski definition) is 5. The zero-order valence-electron chi connectivity index (χ0n) is 13.8. The summed E-state index contributed by atoms with van der Waals surface area (Å²) >= 11 is 0. The average Bonchev–Trinajstić information content (AvgIpc) is 2.61. The van der Waals surface area contributed by atoms with Gasteiger partial charge in [-0.05, 0) is 37.3 Å². The van der Waals surface area contributed by atoms with E-state index in [0.29, 0.717) is 11.6 Å². The van der Waals surface area contributed by atoms with Crippen LogP contribution in [0.25, 0.3) is 0 Å². The molecule has 2 aromatic carbocycles. The number of halogens is 3. The Hall–Kier alpha value is -3.61. The molecule has 0 radical (unpaired) electrons. The van der Waals surface area contributed by atoms with E-state index in [2.05, 4.69) is 5.32 Å². The number of non-ortho nitro benzene ring substituents is 1. The number of benzene rings is 2. The van der Waals surface area contributed by atoms with E-state index in [9.17, 15) is 28.1 Å². The van der Waals surface area contributed by atoms with E-state index in [-0.39, 0.29) is 5.75 Å². The Balaban J connectivity index is 2.18. The number of amides is 1. The van der Waals surface area contributed by atoms with Crippen molar-refractivity contribution < 1.29 is 27.6 Å². The van der Waals surface area contributed by atoms with Gasteiger partial charge < -0.3 is 10.1 Å². The smallest absolute Gasteiger partial charge is 0.418 e. The van der Waals surface area contributed by atoms with E-state index in [1.165, 1.54) is 31.2 Å². The Morgan fingerprint density at radius 1 is 1.26 bits per heavy atom. The fourth-order valence-electron chi connectivity index (χ4n) is 2.09. The minimum atomic E-state index is -4.90. The third kappa shape index (κ3) is 4.94. The lowest BCUT2D eigenvalue weighted by Gasteiger charge is -2.17. The Labute approximate surface area is 151 Å². The number of nitriles is 1. The molecule has 0 aliphatic heterocycles. The number of rotatable bonds is 5. The summed E-state index contributed by atoms with van der Waals surface area (Å²) in [6.07, 6.45) is -6.06. The summed E-state index contributed by atoms with van der Waals surface area (Å²) in [4.78, 5) is 21.9. The van der Waals surface area contributed by atoms with Gasteiger partial charge in [0, 0.05) is 12.1 Å². The summed E-state index contributed by atoms with van der Waals surface area (Å²) in [5.41, 5.74) is -2.33. The molecule has 0 fully saturated rings. The number of carbonyl (C=O) groups is 1. The molecule has 1 N–H and O–H groups in total. The first-order valence-corrected chi connectivity index (χ1v) is 7.45. The van der Waals surface area contributed by atoms with Crippen molar-refractivity contribution in [2.75, 3.05) is 5.32 Å². The largest absolute Gasteiger partial charge is 0.481 e. The molecule has 0 aliphatic rings. The molecule has 0 unspecified atom stereocenters. The van der Waals surface area contributed by atoms with Crippen molar-refractivity contribution in [3.05, 3.63) is 63.7 Å². The van der Waals surface area contributed by atoms with Crippen molar-refractivity contribution in [2.24, 2.45) is 0 Å². The molecule has 1 atom stereocenters. The molecule has 0 aliphatic carbocycles. The Morgan fingerprint density at radius 3 is 2.41 bits per heavy atom. The van der Waals surface area contributed by atoms with E-state index in [0.717, 1.165) is 12.1 Å². The maximum Gasteiger partial charge on any atom is 0.418 e. The van der Waals surface area contributed by atoms with Gasteiger partial charge in [-0.2, -0.15) is 18.4 Å². The molecular formula is C17H12F3N3O4. The third-order valence-corrected chi connectivity index (χ3v) is 3.44. The number of nitro benzene ring substituents is 1. The van der Waals surface area contributed by atoms with Crippen molar-refractivity contribution in [2.45, 2.75) is 19.2 Å². The monoisotopic (exact) mass is 379 g/mol. The van der Waals surface area contributed by atoms with Gasteiger partial charge in [-0.15, -0.1) is 0 Å². The van der Waals surface area contributed by atoms with Crippen LogP contribution in [0.4, 0.5) is 24.5 Å². The van der Waals surface area contributed by atoms with Crippen LogP contribution >= 0.6 is 0 Å². The first-order valence-electron chi connectivity index (χ1n) is 7.45. The van der Waals surface area contributed by atoms with Gasteiger partial charge in [-0.3, -0.25) is 14.9 Å². The number of nitro groups is 1. The minimum Gasteiger partial charge on any atom is -0.481 e. The van der Waals surface area contributed by atoms with E-state index >= 15 is 0 Å². The number of alkyl halides is 3. The number of ether oxygens (including phenoxy) is 1. The van der Waals surface area contributed by atoms with Crippen LogP contribution in [0.15, 0.2) is 42.5 Å². The lowest BCUT2D eigenvalue weighted by atomic mass is 10.1. The molecule has 2 aromatic rings. The highest BCUT2D eigenvalue weighted by Crippen LogP contribution is 2.37. The van der Waals surface area contributed by atoms with Crippen LogP contribution < -0.4 is 10.1 Å². The van der Waals surface area contributed by atoms with E-state index < -0.39 is 40.0 Å². The molecule has 0 spiro atoms. The second-order valence-electron chi connectivity index (χ2n) is 5.37. The van der Waals surface area contributed by atoms with Crippen LogP contribution in [-0.4, -0.2) is 16.9 Å². The summed E-state index contributed by atoms with van der Waals surface area (Å²) in [6, 6.07) is 9.72. The molecule has 1 amide bonds. The first kappa shape index (κ1) is 19.7. The number of nitrogens with one attached hydrogen (secondary N) is 1. The van der Waals surface area contributed by atoms with Crippen LogP contribution in [0.3, 0.4) is 0 Å². The summed E-state index contributed by atoms with van der Waals surface area (Å²) in [5.74, 6) is -0.630. The average molecular weight is 379 g/mol. The fraction of sp³-hybridized carbons (Fsp3) is 0.176. The topological polar surface area (TPSA) is 105 Å². The Kier molecular flexibility index (Phi) is 5.65. The van der Waals surface area contributed by atoms with Gasteiger partial charge in [0.25, 0.3) is 11.6 Å². The van der Waals surface area contributed by atoms with Crippen LogP contribution in [0.5, 0.6) is 5.75 Å². The zero-order valence-corrected chi connectivity index (χ0v) is 13.8. The highest BCUT2D eigenvalue weighted by molar-refractivity contribution is 5.95. The molecule has 0 bridgehead atoms. The molecule has 2 rings (SSSR count). The van der Waals surface area contributed by atoms with Crippen molar-refractivity contribution in [1.82, 2.24) is 0 Å². The van der Waals surface area contributed by atoms with Gasteiger partial charge in [0.2, 0.25) is 0 Å². The van der Waals surface area contributed by atoms with Gasteiger partial charge in [-0.1, -0.05) is 0 Å². The second-order valence-corrected chi connectivity index (χ2v) is 5.37.